The fraction of sp³-hybridized carbons (Fsp3) is 0.391. The van der Waals surface area contributed by atoms with Crippen molar-refractivity contribution in [2.75, 3.05) is 32.1 Å². The zero-order valence-corrected chi connectivity index (χ0v) is 17.3. The van der Waals surface area contributed by atoms with Gasteiger partial charge in [0, 0.05) is 30.2 Å². The molecule has 1 saturated heterocycles. The third-order valence-electron chi connectivity index (χ3n) is 5.76. The van der Waals surface area contributed by atoms with Gasteiger partial charge in [0.1, 0.15) is 17.3 Å². The van der Waals surface area contributed by atoms with E-state index in [2.05, 4.69) is 26.3 Å². The van der Waals surface area contributed by atoms with E-state index in [9.17, 15) is 13.2 Å². The van der Waals surface area contributed by atoms with E-state index in [0.717, 1.165) is 50.8 Å². The number of para-hydroxylation sites is 1. The van der Waals surface area contributed by atoms with Gasteiger partial charge in [0.2, 0.25) is 0 Å². The number of fused-ring (bicyclic) bond motifs is 1. The van der Waals surface area contributed by atoms with Crippen molar-refractivity contribution < 1.29 is 17.9 Å². The first-order valence-electron chi connectivity index (χ1n) is 10.3. The van der Waals surface area contributed by atoms with Crippen molar-refractivity contribution in [1.29, 1.82) is 0 Å². The van der Waals surface area contributed by atoms with Crippen LogP contribution >= 0.6 is 0 Å². The Bertz CT molecular complexity index is 1030. The molecule has 1 aliphatic rings. The number of hydrogen-bond donors (Lipinski definition) is 1. The first kappa shape index (κ1) is 21.4. The first-order chi connectivity index (χ1) is 14.9. The smallest absolute Gasteiger partial charge is 0.433 e. The molecule has 1 N–H and O–H groups in total. The number of nitrogens with zero attached hydrogens (tertiary/aromatic N) is 3. The maximum absolute atomic E-state index is 12.9. The van der Waals surface area contributed by atoms with E-state index in [1.807, 2.05) is 18.2 Å². The molecule has 0 bridgehead atoms. The van der Waals surface area contributed by atoms with Gasteiger partial charge in [-0.15, -0.1) is 0 Å². The summed E-state index contributed by atoms with van der Waals surface area (Å²) in [5.74, 6) is 1.97. The van der Waals surface area contributed by atoms with Gasteiger partial charge >= 0.3 is 6.18 Å². The van der Waals surface area contributed by atoms with Crippen molar-refractivity contribution in [2.45, 2.75) is 25.6 Å². The van der Waals surface area contributed by atoms with E-state index < -0.39 is 11.9 Å². The number of piperidine rings is 1. The number of aromatic nitrogens is 2. The van der Waals surface area contributed by atoms with E-state index in [0.29, 0.717) is 22.6 Å². The van der Waals surface area contributed by atoms with Gasteiger partial charge in [-0.25, -0.2) is 9.97 Å². The minimum atomic E-state index is -4.46. The van der Waals surface area contributed by atoms with Gasteiger partial charge in [0.25, 0.3) is 0 Å². The van der Waals surface area contributed by atoms with Gasteiger partial charge < -0.3 is 10.1 Å². The Morgan fingerprint density at radius 2 is 1.87 bits per heavy atom. The van der Waals surface area contributed by atoms with Crippen LogP contribution in [0.5, 0.6) is 5.75 Å². The zero-order valence-electron chi connectivity index (χ0n) is 17.3. The molecule has 0 saturated carbocycles. The predicted molar refractivity (Wildman–Crippen MR) is 114 cm³/mol. The van der Waals surface area contributed by atoms with E-state index in [1.165, 1.54) is 23.9 Å². The Morgan fingerprint density at radius 1 is 1.10 bits per heavy atom. The highest BCUT2D eigenvalue weighted by atomic mass is 19.4. The number of benzene rings is 1. The summed E-state index contributed by atoms with van der Waals surface area (Å²) in [6.45, 7) is 3.58. The minimum Gasteiger partial charge on any atom is -0.496 e. The molecule has 3 heterocycles. The summed E-state index contributed by atoms with van der Waals surface area (Å²) < 4.78 is 44.2. The van der Waals surface area contributed by atoms with Crippen LogP contribution in [-0.2, 0) is 12.7 Å². The number of nitrogens with one attached hydrogen (secondary N) is 1. The number of likely N-dealkylation sites (tertiary alicyclic amines) is 1. The van der Waals surface area contributed by atoms with E-state index >= 15 is 0 Å². The molecule has 3 aromatic rings. The maximum Gasteiger partial charge on any atom is 0.433 e. The van der Waals surface area contributed by atoms with E-state index in [1.54, 1.807) is 7.11 Å². The third-order valence-corrected chi connectivity index (χ3v) is 5.76. The lowest BCUT2D eigenvalue weighted by Crippen LogP contribution is -2.35. The van der Waals surface area contributed by atoms with Crippen LogP contribution in [0.3, 0.4) is 0 Å². The molecule has 1 fully saturated rings. The fourth-order valence-electron chi connectivity index (χ4n) is 4.02. The minimum absolute atomic E-state index is 0.291. The van der Waals surface area contributed by atoms with Crippen molar-refractivity contribution in [2.24, 2.45) is 5.92 Å². The molecule has 5 nitrogen and oxygen atoms in total. The van der Waals surface area contributed by atoms with Crippen molar-refractivity contribution in [3.8, 4) is 5.75 Å². The molecule has 164 valence electrons. The number of alkyl halides is 3. The summed E-state index contributed by atoms with van der Waals surface area (Å²) in [7, 11) is 1.69. The molecule has 0 unspecified atom stereocenters. The molecule has 1 aliphatic heterocycles. The van der Waals surface area contributed by atoms with Crippen LogP contribution in [0, 0.1) is 5.92 Å². The predicted octanol–water partition coefficient (Wildman–Crippen LogP) is 4.98. The molecule has 4 rings (SSSR count). The van der Waals surface area contributed by atoms with Crippen molar-refractivity contribution >= 4 is 16.7 Å². The monoisotopic (exact) mass is 430 g/mol. The normalized spacial score (nSPS) is 15.9. The van der Waals surface area contributed by atoms with Crippen LogP contribution in [0.25, 0.3) is 10.9 Å². The van der Waals surface area contributed by atoms with Gasteiger partial charge in [0.05, 0.1) is 12.6 Å². The largest absolute Gasteiger partial charge is 0.496 e. The molecule has 0 amide bonds. The van der Waals surface area contributed by atoms with Crippen LogP contribution in [-0.4, -0.2) is 41.6 Å². The number of ether oxygens (including phenoxy) is 1. The van der Waals surface area contributed by atoms with Gasteiger partial charge in [-0.2, -0.15) is 13.2 Å². The van der Waals surface area contributed by atoms with Crippen LogP contribution in [0.2, 0.25) is 0 Å². The lowest BCUT2D eigenvalue weighted by atomic mass is 9.96. The lowest BCUT2D eigenvalue weighted by molar-refractivity contribution is -0.140. The van der Waals surface area contributed by atoms with Crippen molar-refractivity contribution in [3.05, 3.63) is 59.9 Å². The number of halogens is 3. The van der Waals surface area contributed by atoms with Crippen LogP contribution in [0.4, 0.5) is 19.0 Å². The Labute approximate surface area is 179 Å². The second kappa shape index (κ2) is 9.09. The van der Waals surface area contributed by atoms with Crippen LogP contribution in [0.15, 0.2) is 48.7 Å². The molecule has 8 heteroatoms. The summed E-state index contributed by atoms with van der Waals surface area (Å²) in [6, 6.07) is 12.0. The number of rotatable bonds is 6. The maximum atomic E-state index is 12.9. The summed E-state index contributed by atoms with van der Waals surface area (Å²) in [4.78, 5) is 10.5. The van der Waals surface area contributed by atoms with E-state index in [4.69, 9.17) is 4.74 Å². The molecule has 0 atom stereocenters. The molecule has 0 spiro atoms. The summed E-state index contributed by atoms with van der Waals surface area (Å²) in [5, 5.41) is 3.93. The van der Waals surface area contributed by atoms with Crippen molar-refractivity contribution in [3.63, 3.8) is 0 Å². The Balaban J connectivity index is 1.34. The van der Waals surface area contributed by atoms with Gasteiger partial charge in [0.15, 0.2) is 0 Å². The Morgan fingerprint density at radius 3 is 2.61 bits per heavy atom. The van der Waals surface area contributed by atoms with Crippen LogP contribution < -0.4 is 10.1 Å². The Kier molecular flexibility index (Phi) is 6.27. The molecule has 0 aliphatic carbocycles. The van der Waals surface area contributed by atoms with Gasteiger partial charge in [-0.3, -0.25) is 4.90 Å². The lowest BCUT2D eigenvalue weighted by Gasteiger charge is -2.32. The first-order valence-corrected chi connectivity index (χ1v) is 10.3. The quantitative estimate of drug-likeness (QED) is 0.598. The third kappa shape index (κ3) is 5.07. The van der Waals surface area contributed by atoms with Crippen molar-refractivity contribution in [1.82, 2.24) is 14.9 Å². The number of methoxy groups -OCH3 is 1. The zero-order chi connectivity index (χ0) is 21.8. The highest BCUT2D eigenvalue weighted by molar-refractivity contribution is 5.89. The SMILES string of the molecule is COc1ccccc1CN1CCC(CNc2nccc3nc(C(F)(F)F)ccc23)CC1. The van der Waals surface area contributed by atoms with Gasteiger partial charge in [-0.1, -0.05) is 18.2 Å². The number of hydrogen-bond acceptors (Lipinski definition) is 5. The second-order valence-electron chi connectivity index (χ2n) is 7.83. The number of anilines is 1. The molecule has 1 aromatic carbocycles. The highest BCUT2D eigenvalue weighted by Crippen LogP contribution is 2.30. The fourth-order valence-corrected chi connectivity index (χ4v) is 4.02. The van der Waals surface area contributed by atoms with Gasteiger partial charge in [-0.05, 0) is 56.1 Å². The topological polar surface area (TPSA) is 50.3 Å². The second-order valence-corrected chi connectivity index (χ2v) is 7.83. The van der Waals surface area contributed by atoms with Crippen LogP contribution in [0.1, 0.15) is 24.1 Å². The average molecular weight is 430 g/mol. The molecular weight excluding hydrogens is 405 g/mol. The summed E-state index contributed by atoms with van der Waals surface area (Å²) in [5.41, 5.74) is 0.589. The molecule has 31 heavy (non-hydrogen) atoms. The standard InChI is InChI=1S/C23H25F3N4O/c1-31-20-5-3-2-4-17(20)15-30-12-9-16(10-13-30)14-28-22-18-6-7-21(23(24,25)26)29-19(18)8-11-27-22/h2-8,11,16H,9-10,12-15H2,1H3,(H,27,28). The summed E-state index contributed by atoms with van der Waals surface area (Å²) in [6.07, 6.45) is -0.872. The molecule has 0 radical (unpaired) electrons. The molecular formula is C23H25F3N4O. The van der Waals surface area contributed by atoms with E-state index in [-0.39, 0.29) is 0 Å². The summed E-state index contributed by atoms with van der Waals surface area (Å²) >= 11 is 0. The number of pyridine rings is 2. The Hall–Kier alpha value is -2.87. The highest BCUT2D eigenvalue weighted by Gasteiger charge is 2.32. The average Bonchev–Trinajstić information content (AvgIpc) is 2.78. The molecule has 2 aromatic heterocycles.